The maximum atomic E-state index is 12.7. The van der Waals surface area contributed by atoms with Gasteiger partial charge in [0.1, 0.15) is 5.78 Å². The number of ketones is 1. The van der Waals surface area contributed by atoms with Crippen LogP contribution in [0.4, 0.5) is 0 Å². The predicted molar refractivity (Wildman–Crippen MR) is 111 cm³/mol. The van der Waals surface area contributed by atoms with Crippen molar-refractivity contribution in [2.45, 2.75) is 19.3 Å². The van der Waals surface area contributed by atoms with Gasteiger partial charge >= 0.3 is 0 Å². The summed E-state index contributed by atoms with van der Waals surface area (Å²) >= 11 is 0. The maximum absolute atomic E-state index is 12.7. The van der Waals surface area contributed by atoms with Gasteiger partial charge in [0, 0.05) is 37.2 Å². The highest BCUT2D eigenvalue weighted by Crippen LogP contribution is 2.33. The Morgan fingerprint density at radius 2 is 1.63 bits per heavy atom. The van der Waals surface area contributed by atoms with E-state index in [2.05, 4.69) is 4.99 Å². The van der Waals surface area contributed by atoms with Gasteiger partial charge in [-0.25, -0.2) is 0 Å². The largest absolute Gasteiger partial charge is 0.493 e. The van der Waals surface area contributed by atoms with Crippen LogP contribution in [0.25, 0.3) is 0 Å². The Morgan fingerprint density at radius 1 is 1.00 bits per heavy atom. The Balaban J connectivity index is 1.44. The van der Waals surface area contributed by atoms with Gasteiger partial charge in [0.25, 0.3) is 11.8 Å². The quantitative estimate of drug-likeness (QED) is 0.660. The predicted octanol–water partition coefficient (Wildman–Crippen LogP) is 2.69. The summed E-state index contributed by atoms with van der Waals surface area (Å²) in [6.45, 7) is 0.667. The van der Waals surface area contributed by atoms with E-state index in [0.717, 1.165) is 22.4 Å². The van der Waals surface area contributed by atoms with Crippen molar-refractivity contribution in [1.82, 2.24) is 4.90 Å². The lowest BCUT2D eigenvalue weighted by Crippen LogP contribution is -2.32. The number of rotatable bonds is 7. The molecule has 0 aliphatic carbocycles. The van der Waals surface area contributed by atoms with E-state index in [9.17, 15) is 14.4 Å². The van der Waals surface area contributed by atoms with Gasteiger partial charge in [0.2, 0.25) is 0 Å². The molecule has 0 unspecified atom stereocenters. The van der Waals surface area contributed by atoms with Crippen LogP contribution in [0.2, 0.25) is 0 Å². The molecule has 4 rings (SSSR count). The van der Waals surface area contributed by atoms with Crippen molar-refractivity contribution in [3.63, 3.8) is 0 Å². The summed E-state index contributed by atoms with van der Waals surface area (Å²) in [7, 11) is 3.15. The molecule has 2 aliphatic heterocycles. The first kappa shape index (κ1) is 19.8. The fourth-order valence-corrected chi connectivity index (χ4v) is 3.90. The number of carbonyl (C=O) groups is 3. The van der Waals surface area contributed by atoms with E-state index in [0.29, 0.717) is 34.9 Å². The number of Topliss-reactive ketones (excluding diaryl/α,β-unsaturated/α-hetero) is 1. The lowest BCUT2D eigenvalue weighted by atomic mass is 9.93. The fourth-order valence-electron chi connectivity index (χ4n) is 3.90. The minimum absolute atomic E-state index is 0.0667. The van der Waals surface area contributed by atoms with Crippen LogP contribution in [0.3, 0.4) is 0 Å². The zero-order valence-corrected chi connectivity index (χ0v) is 16.9. The number of nitrogens with zero attached hydrogens (tertiary/aromatic N) is 2. The van der Waals surface area contributed by atoms with Gasteiger partial charge in [-0.1, -0.05) is 12.1 Å². The molecule has 7 heteroatoms. The van der Waals surface area contributed by atoms with Crippen molar-refractivity contribution in [3.8, 4) is 11.5 Å². The SMILES string of the molecule is COc1cc2c(cc1OC)C(CC(=O)CCN1C(=O)c3ccccc3C1=O)=NCC2. The summed E-state index contributed by atoms with van der Waals surface area (Å²) in [6.07, 6.45) is 1.00. The van der Waals surface area contributed by atoms with Crippen LogP contribution in [0.5, 0.6) is 11.5 Å². The van der Waals surface area contributed by atoms with Gasteiger partial charge in [-0.05, 0) is 36.2 Å². The molecule has 0 aromatic heterocycles. The molecule has 0 bridgehead atoms. The van der Waals surface area contributed by atoms with Gasteiger partial charge < -0.3 is 9.47 Å². The van der Waals surface area contributed by atoms with Crippen LogP contribution >= 0.6 is 0 Å². The van der Waals surface area contributed by atoms with Crippen molar-refractivity contribution < 1.29 is 23.9 Å². The number of benzene rings is 2. The van der Waals surface area contributed by atoms with Gasteiger partial charge in [-0.3, -0.25) is 24.3 Å². The fraction of sp³-hybridized carbons (Fsp3) is 0.304. The summed E-state index contributed by atoms with van der Waals surface area (Å²) in [5.74, 6) is 0.466. The molecule has 2 aromatic rings. The summed E-state index contributed by atoms with van der Waals surface area (Å²) in [4.78, 5) is 43.2. The maximum Gasteiger partial charge on any atom is 0.261 e. The first-order chi connectivity index (χ1) is 14.5. The minimum atomic E-state index is -0.347. The summed E-state index contributed by atoms with van der Waals surface area (Å²) in [6, 6.07) is 10.5. The molecule has 154 valence electrons. The molecular weight excluding hydrogens is 384 g/mol. The molecule has 30 heavy (non-hydrogen) atoms. The second-order valence-corrected chi connectivity index (χ2v) is 7.22. The number of hydrogen-bond acceptors (Lipinski definition) is 6. The number of aliphatic imine (C=N–C) groups is 1. The highest BCUT2D eigenvalue weighted by molar-refractivity contribution is 6.21. The number of hydrogen-bond donors (Lipinski definition) is 0. The molecule has 0 atom stereocenters. The van der Waals surface area contributed by atoms with E-state index in [1.165, 1.54) is 0 Å². The van der Waals surface area contributed by atoms with Crippen LogP contribution in [-0.2, 0) is 11.2 Å². The third-order valence-corrected chi connectivity index (χ3v) is 5.46. The Labute approximate surface area is 174 Å². The highest BCUT2D eigenvalue weighted by atomic mass is 16.5. The Morgan fingerprint density at radius 3 is 2.27 bits per heavy atom. The van der Waals surface area contributed by atoms with Gasteiger partial charge in [0.05, 0.1) is 25.3 Å². The van der Waals surface area contributed by atoms with Crippen LogP contribution < -0.4 is 9.47 Å². The first-order valence-electron chi connectivity index (χ1n) is 9.79. The smallest absolute Gasteiger partial charge is 0.261 e. The van der Waals surface area contributed by atoms with Crippen LogP contribution in [0.15, 0.2) is 41.4 Å². The number of fused-ring (bicyclic) bond motifs is 2. The number of amides is 2. The van der Waals surface area contributed by atoms with Crippen molar-refractivity contribution >= 4 is 23.3 Å². The molecule has 2 amide bonds. The van der Waals surface area contributed by atoms with Crippen LogP contribution in [0, 0.1) is 0 Å². The van der Waals surface area contributed by atoms with Crippen LogP contribution in [-0.4, -0.2) is 55.5 Å². The van der Waals surface area contributed by atoms with Gasteiger partial charge in [-0.2, -0.15) is 0 Å². The molecule has 0 radical (unpaired) electrons. The number of imide groups is 1. The van der Waals surface area contributed by atoms with E-state index in [4.69, 9.17) is 9.47 Å². The number of ether oxygens (including phenoxy) is 2. The second-order valence-electron chi connectivity index (χ2n) is 7.22. The minimum Gasteiger partial charge on any atom is -0.493 e. The molecule has 0 spiro atoms. The Bertz CT molecular complexity index is 1040. The molecule has 0 saturated heterocycles. The van der Waals surface area contributed by atoms with Gasteiger partial charge in [-0.15, -0.1) is 0 Å². The summed E-state index contributed by atoms with van der Waals surface area (Å²) in [5.41, 5.74) is 3.42. The zero-order chi connectivity index (χ0) is 21.3. The molecule has 2 heterocycles. The van der Waals surface area contributed by atoms with Crippen molar-refractivity contribution in [1.29, 1.82) is 0 Å². The van der Waals surface area contributed by atoms with E-state index in [-0.39, 0.29) is 37.0 Å². The number of methoxy groups -OCH3 is 2. The van der Waals surface area contributed by atoms with Crippen molar-refractivity contribution in [3.05, 3.63) is 58.7 Å². The average Bonchev–Trinajstić information content (AvgIpc) is 3.01. The molecule has 0 saturated carbocycles. The van der Waals surface area contributed by atoms with E-state index >= 15 is 0 Å². The normalized spacial score (nSPS) is 14.9. The topological polar surface area (TPSA) is 85.3 Å². The zero-order valence-electron chi connectivity index (χ0n) is 16.9. The lowest BCUT2D eigenvalue weighted by molar-refractivity contribution is -0.118. The van der Waals surface area contributed by atoms with Crippen LogP contribution in [0.1, 0.15) is 44.7 Å². The monoisotopic (exact) mass is 406 g/mol. The third kappa shape index (κ3) is 3.47. The molecule has 7 nitrogen and oxygen atoms in total. The first-order valence-corrected chi connectivity index (χ1v) is 9.79. The highest BCUT2D eigenvalue weighted by Gasteiger charge is 2.35. The summed E-state index contributed by atoms with van der Waals surface area (Å²) in [5, 5.41) is 0. The lowest BCUT2D eigenvalue weighted by Gasteiger charge is -2.20. The average molecular weight is 406 g/mol. The Hall–Kier alpha value is -3.48. The standard InChI is InChI=1S/C23H22N2O5/c1-29-20-11-14-7-9-24-19(18(14)13-21(20)30-2)12-15(26)8-10-25-22(27)16-5-3-4-6-17(16)23(25)28/h3-6,11,13H,7-10,12H2,1-2H3. The molecule has 2 aliphatic rings. The molecular formula is C23H22N2O5. The Kier molecular flexibility index (Phi) is 5.35. The molecule has 2 aromatic carbocycles. The van der Waals surface area contributed by atoms with E-state index in [1.54, 1.807) is 38.5 Å². The van der Waals surface area contributed by atoms with Crippen molar-refractivity contribution in [2.75, 3.05) is 27.3 Å². The van der Waals surface area contributed by atoms with Gasteiger partial charge in [0.15, 0.2) is 11.5 Å². The molecule has 0 N–H and O–H groups in total. The number of carbonyl (C=O) groups excluding carboxylic acids is 3. The van der Waals surface area contributed by atoms with E-state index < -0.39 is 0 Å². The van der Waals surface area contributed by atoms with Crippen molar-refractivity contribution in [2.24, 2.45) is 4.99 Å². The third-order valence-electron chi connectivity index (χ3n) is 5.46. The summed E-state index contributed by atoms with van der Waals surface area (Å²) < 4.78 is 10.7. The molecule has 0 fully saturated rings. The second kappa shape index (κ2) is 8.10. The van der Waals surface area contributed by atoms with E-state index in [1.807, 2.05) is 12.1 Å².